The lowest BCUT2D eigenvalue weighted by atomic mass is 10.2. The van der Waals surface area contributed by atoms with Gasteiger partial charge in [0.05, 0.1) is 27.9 Å². The molecule has 0 aliphatic rings. The van der Waals surface area contributed by atoms with Gasteiger partial charge in [0, 0.05) is 17.6 Å². The zero-order chi connectivity index (χ0) is 13.3. The van der Waals surface area contributed by atoms with Crippen molar-refractivity contribution in [3.05, 3.63) is 41.2 Å². The molecule has 2 rings (SSSR count). The summed E-state index contributed by atoms with van der Waals surface area (Å²) in [7, 11) is 0.803. The van der Waals surface area contributed by atoms with E-state index in [1.807, 2.05) is 39.1 Å². The Labute approximate surface area is 109 Å². The van der Waals surface area contributed by atoms with Gasteiger partial charge in [-0.3, -0.25) is 8.89 Å². The summed E-state index contributed by atoms with van der Waals surface area (Å²) in [6, 6.07) is 7.44. The quantitative estimate of drug-likeness (QED) is 0.861. The lowest BCUT2D eigenvalue weighted by Crippen LogP contribution is -2.04. The number of hydrogen-bond acceptors (Lipinski definition) is 3. The van der Waals surface area contributed by atoms with Crippen molar-refractivity contribution in [2.45, 2.75) is 24.5 Å². The van der Waals surface area contributed by atoms with Gasteiger partial charge in [0.2, 0.25) is 0 Å². The minimum absolute atomic E-state index is 0.474. The van der Waals surface area contributed by atoms with Gasteiger partial charge in [0.25, 0.3) is 0 Å². The van der Waals surface area contributed by atoms with Crippen molar-refractivity contribution >= 4 is 16.5 Å². The van der Waals surface area contributed by atoms with Gasteiger partial charge < -0.3 is 5.73 Å². The van der Waals surface area contributed by atoms with Crippen LogP contribution < -0.4 is 5.73 Å². The van der Waals surface area contributed by atoms with Crippen LogP contribution in [-0.2, 0) is 23.6 Å². The monoisotopic (exact) mass is 263 g/mol. The maximum Gasteiger partial charge on any atom is 0.0702 e. The van der Waals surface area contributed by atoms with Gasteiger partial charge in [-0.15, -0.1) is 0 Å². The molecule has 4 nitrogen and oxygen atoms in total. The number of aromatic nitrogens is 2. The van der Waals surface area contributed by atoms with Gasteiger partial charge in [-0.2, -0.15) is 5.10 Å². The molecule has 2 aromatic rings. The van der Waals surface area contributed by atoms with Crippen molar-refractivity contribution < 1.29 is 4.21 Å². The molecule has 1 unspecified atom stereocenters. The molecule has 5 heteroatoms. The van der Waals surface area contributed by atoms with Gasteiger partial charge in [-0.05, 0) is 43.7 Å². The fraction of sp³-hybridized carbons (Fsp3) is 0.308. The Hall–Kier alpha value is -1.62. The Morgan fingerprint density at radius 3 is 2.61 bits per heavy atom. The molecule has 0 spiro atoms. The Bertz CT molecular complexity index is 604. The van der Waals surface area contributed by atoms with Crippen molar-refractivity contribution in [1.29, 1.82) is 0 Å². The summed E-state index contributed by atoms with van der Waals surface area (Å²) in [6.45, 7) is 3.86. The first kappa shape index (κ1) is 12.8. The normalized spacial score (nSPS) is 12.6. The van der Waals surface area contributed by atoms with Crippen LogP contribution in [0.25, 0.3) is 0 Å². The third-order valence-electron chi connectivity index (χ3n) is 2.82. The van der Waals surface area contributed by atoms with E-state index in [-0.39, 0.29) is 0 Å². The van der Waals surface area contributed by atoms with Crippen LogP contribution in [0.15, 0.2) is 29.2 Å². The van der Waals surface area contributed by atoms with E-state index in [9.17, 15) is 4.21 Å². The Morgan fingerprint density at radius 2 is 2.06 bits per heavy atom. The molecule has 1 heterocycles. The van der Waals surface area contributed by atoms with Gasteiger partial charge in [0.1, 0.15) is 0 Å². The molecule has 96 valence electrons. The topological polar surface area (TPSA) is 60.9 Å². The summed E-state index contributed by atoms with van der Waals surface area (Å²) in [5, 5.41) is 4.26. The van der Waals surface area contributed by atoms with Crippen molar-refractivity contribution in [2.75, 3.05) is 5.73 Å². The first-order chi connectivity index (χ1) is 8.47. The summed E-state index contributed by atoms with van der Waals surface area (Å²) in [5.74, 6) is 0.474. The second kappa shape index (κ2) is 4.94. The van der Waals surface area contributed by atoms with Crippen LogP contribution in [0.5, 0.6) is 0 Å². The van der Waals surface area contributed by atoms with Crippen LogP contribution >= 0.6 is 0 Å². The van der Waals surface area contributed by atoms with E-state index >= 15 is 0 Å². The highest BCUT2D eigenvalue weighted by Gasteiger charge is 2.11. The molecule has 0 amide bonds. The average molecular weight is 263 g/mol. The zero-order valence-corrected chi connectivity index (χ0v) is 11.6. The van der Waals surface area contributed by atoms with Crippen LogP contribution in [0, 0.1) is 13.8 Å². The Morgan fingerprint density at radius 1 is 1.33 bits per heavy atom. The molecular formula is C13H17N3OS. The number of rotatable bonds is 3. The average Bonchev–Trinajstić information content (AvgIpc) is 2.57. The predicted octanol–water partition coefficient (Wildman–Crippen LogP) is 1.93. The maximum atomic E-state index is 12.3. The van der Waals surface area contributed by atoms with E-state index in [0.29, 0.717) is 11.4 Å². The van der Waals surface area contributed by atoms with Crippen molar-refractivity contribution in [2.24, 2.45) is 7.05 Å². The Balaban J connectivity index is 2.24. The molecule has 1 aromatic carbocycles. The first-order valence-electron chi connectivity index (χ1n) is 5.71. The number of hydrogen-bond donors (Lipinski definition) is 1. The summed E-state index contributed by atoms with van der Waals surface area (Å²) < 4.78 is 14.1. The van der Waals surface area contributed by atoms with E-state index in [2.05, 4.69) is 5.10 Å². The molecular weight excluding hydrogens is 246 g/mol. The second-order valence-corrected chi connectivity index (χ2v) is 5.84. The standard InChI is InChI=1S/C13H17N3OS/c1-9-6-11(14)4-5-13(9)18(17)8-12-7-10(2)15-16(12)3/h4-7H,8,14H2,1-3H3. The Kier molecular flexibility index (Phi) is 3.52. The minimum atomic E-state index is -1.07. The van der Waals surface area contributed by atoms with E-state index in [1.165, 1.54) is 0 Å². The SMILES string of the molecule is Cc1cc(CS(=O)c2ccc(N)cc2C)n(C)n1. The fourth-order valence-corrected chi connectivity index (χ4v) is 3.27. The molecule has 18 heavy (non-hydrogen) atoms. The summed E-state index contributed by atoms with van der Waals surface area (Å²) in [6.07, 6.45) is 0. The van der Waals surface area contributed by atoms with Crippen LogP contribution in [-0.4, -0.2) is 14.0 Å². The lowest BCUT2D eigenvalue weighted by molar-refractivity contribution is 0.675. The van der Waals surface area contributed by atoms with E-state index in [1.54, 1.807) is 10.7 Å². The maximum absolute atomic E-state index is 12.3. The molecule has 0 aliphatic heterocycles. The number of nitrogen functional groups attached to an aromatic ring is 1. The second-order valence-electron chi connectivity index (χ2n) is 4.42. The largest absolute Gasteiger partial charge is 0.399 e. The highest BCUT2D eigenvalue weighted by Crippen LogP contribution is 2.19. The van der Waals surface area contributed by atoms with Gasteiger partial charge in [-0.25, -0.2) is 0 Å². The number of anilines is 1. The van der Waals surface area contributed by atoms with E-state index in [4.69, 9.17) is 5.73 Å². The number of aryl methyl sites for hydroxylation is 3. The third kappa shape index (κ3) is 2.61. The summed E-state index contributed by atoms with van der Waals surface area (Å²) >= 11 is 0. The van der Waals surface area contributed by atoms with Crippen LogP contribution in [0.1, 0.15) is 17.0 Å². The number of nitrogens with zero attached hydrogens (tertiary/aromatic N) is 2. The van der Waals surface area contributed by atoms with Crippen molar-refractivity contribution in [3.63, 3.8) is 0 Å². The third-order valence-corrected chi connectivity index (χ3v) is 4.33. The fourth-order valence-electron chi connectivity index (χ4n) is 1.94. The highest BCUT2D eigenvalue weighted by molar-refractivity contribution is 7.84. The van der Waals surface area contributed by atoms with Crippen LogP contribution in [0.3, 0.4) is 0 Å². The predicted molar refractivity (Wildman–Crippen MR) is 73.6 cm³/mol. The summed E-state index contributed by atoms with van der Waals surface area (Å²) in [4.78, 5) is 0.836. The molecule has 0 bridgehead atoms. The smallest absolute Gasteiger partial charge is 0.0702 e. The minimum Gasteiger partial charge on any atom is -0.399 e. The summed E-state index contributed by atoms with van der Waals surface area (Å²) in [5.41, 5.74) is 9.28. The van der Waals surface area contributed by atoms with Crippen LogP contribution in [0.2, 0.25) is 0 Å². The highest BCUT2D eigenvalue weighted by atomic mass is 32.2. The van der Waals surface area contributed by atoms with Gasteiger partial charge in [0.15, 0.2) is 0 Å². The molecule has 1 atom stereocenters. The van der Waals surface area contributed by atoms with E-state index in [0.717, 1.165) is 21.8 Å². The molecule has 0 radical (unpaired) electrons. The molecule has 0 aliphatic carbocycles. The van der Waals surface area contributed by atoms with Crippen molar-refractivity contribution in [3.8, 4) is 0 Å². The molecule has 2 N–H and O–H groups in total. The van der Waals surface area contributed by atoms with Gasteiger partial charge in [-0.1, -0.05) is 0 Å². The molecule has 0 fully saturated rings. The lowest BCUT2D eigenvalue weighted by Gasteiger charge is -2.07. The number of benzene rings is 1. The molecule has 0 saturated heterocycles. The first-order valence-corrected chi connectivity index (χ1v) is 7.03. The van der Waals surface area contributed by atoms with Gasteiger partial charge >= 0.3 is 0 Å². The molecule has 1 aromatic heterocycles. The van der Waals surface area contributed by atoms with Crippen LogP contribution in [0.4, 0.5) is 5.69 Å². The zero-order valence-electron chi connectivity index (χ0n) is 10.8. The van der Waals surface area contributed by atoms with E-state index < -0.39 is 10.8 Å². The number of nitrogens with two attached hydrogens (primary N) is 1. The molecule has 0 saturated carbocycles. The van der Waals surface area contributed by atoms with Crippen molar-refractivity contribution in [1.82, 2.24) is 9.78 Å².